The first kappa shape index (κ1) is 20.4. The zero-order valence-electron chi connectivity index (χ0n) is 15.6. The predicted molar refractivity (Wildman–Crippen MR) is 104 cm³/mol. The lowest BCUT2D eigenvalue weighted by molar-refractivity contribution is 0.199. The van der Waals surface area contributed by atoms with Crippen LogP contribution in [0.15, 0.2) is 48.7 Å². The van der Waals surface area contributed by atoms with Gasteiger partial charge in [-0.2, -0.15) is 0 Å². The molecule has 142 valence electrons. The number of nitrogens with one attached hydrogen (secondary N) is 1. The average molecular weight is 378 g/mol. The van der Waals surface area contributed by atoms with Crippen molar-refractivity contribution in [1.82, 2.24) is 4.98 Å². The van der Waals surface area contributed by atoms with Crippen molar-refractivity contribution in [2.45, 2.75) is 32.5 Å². The third kappa shape index (κ3) is 5.56. The zero-order valence-corrected chi connectivity index (χ0v) is 16.4. The van der Waals surface area contributed by atoms with Crippen LogP contribution in [-0.2, 0) is 13.6 Å². The van der Waals surface area contributed by atoms with Gasteiger partial charge in [0.05, 0.1) is 20.3 Å². The fourth-order valence-corrected chi connectivity index (χ4v) is 4.42. The maximum Gasteiger partial charge on any atom is 0.357 e. The summed E-state index contributed by atoms with van der Waals surface area (Å²) in [5.41, 5.74) is 0.784. The molecule has 0 aliphatic heterocycles. The Labute approximate surface area is 155 Å². The number of nitrogens with zero attached hydrogens (tertiary/aromatic N) is 1. The topological polar surface area (TPSA) is 69.7 Å². The number of hydrogen-bond acceptors (Lipinski definition) is 6. The molecule has 0 aliphatic carbocycles. The van der Waals surface area contributed by atoms with E-state index in [2.05, 4.69) is 10.3 Å². The molecule has 1 N–H and O–H groups in total. The minimum Gasteiger partial charge on any atom is -0.497 e. The molecule has 1 heterocycles. The summed E-state index contributed by atoms with van der Waals surface area (Å²) in [6.07, 6.45) is 3.18. The SMILES string of the molecule is CCCOP(=O)(OCCC)C(Nc1ccccn1)c1ccc(OC)cc1. The molecular formula is C19H27N2O4P. The van der Waals surface area contributed by atoms with Gasteiger partial charge in [-0.05, 0) is 42.7 Å². The Morgan fingerprint density at radius 2 is 1.69 bits per heavy atom. The molecular weight excluding hydrogens is 351 g/mol. The molecule has 2 rings (SSSR count). The lowest BCUT2D eigenvalue weighted by atomic mass is 10.2. The van der Waals surface area contributed by atoms with E-state index in [9.17, 15) is 4.57 Å². The monoisotopic (exact) mass is 378 g/mol. The van der Waals surface area contributed by atoms with Gasteiger partial charge in [0.25, 0.3) is 0 Å². The standard InChI is InChI=1S/C19H27N2O4P/c1-4-14-24-26(22,25-15-5-2)19(21-18-8-6-7-13-20-18)16-9-11-17(23-3)12-10-16/h6-13,19H,4-5,14-15H2,1-3H3,(H,20,21). The molecule has 1 atom stereocenters. The highest BCUT2D eigenvalue weighted by Crippen LogP contribution is 2.61. The maximum absolute atomic E-state index is 13.6. The third-order valence-corrected chi connectivity index (χ3v) is 5.79. The van der Waals surface area contributed by atoms with Gasteiger partial charge in [-0.25, -0.2) is 4.98 Å². The first-order chi connectivity index (χ1) is 12.6. The summed E-state index contributed by atoms with van der Waals surface area (Å²) in [4.78, 5) is 4.28. The predicted octanol–water partition coefficient (Wildman–Crippen LogP) is 5.25. The Balaban J connectivity index is 2.39. The van der Waals surface area contributed by atoms with Crippen LogP contribution in [0.4, 0.5) is 5.82 Å². The molecule has 0 spiro atoms. The Morgan fingerprint density at radius 3 is 2.19 bits per heavy atom. The van der Waals surface area contributed by atoms with Crippen molar-refractivity contribution >= 4 is 13.4 Å². The van der Waals surface area contributed by atoms with Gasteiger partial charge in [-0.15, -0.1) is 0 Å². The van der Waals surface area contributed by atoms with Gasteiger partial charge in [-0.3, -0.25) is 4.57 Å². The summed E-state index contributed by atoms with van der Waals surface area (Å²) in [7, 11) is -1.86. The van der Waals surface area contributed by atoms with Crippen LogP contribution >= 0.6 is 7.60 Å². The highest BCUT2D eigenvalue weighted by Gasteiger charge is 2.37. The van der Waals surface area contributed by atoms with Crippen LogP contribution in [0.3, 0.4) is 0 Å². The molecule has 0 amide bonds. The Hall–Kier alpha value is -1.88. The second kappa shape index (κ2) is 10.3. The number of pyridine rings is 1. The number of benzene rings is 1. The highest BCUT2D eigenvalue weighted by molar-refractivity contribution is 7.54. The largest absolute Gasteiger partial charge is 0.497 e. The summed E-state index contributed by atoms with van der Waals surface area (Å²) >= 11 is 0. The van der Waals surface area contributed by atoms with Gasteiger partial charge < -0.3 is 19.1 Å². The number of anilines is 1. The minimum absolute atomic E-state index is 0.359. The molecule has 0 saturated heterocycles. The van der Waals surface area contributed by atoms with E-state index in [1.807, 2.05) is 56.3 Å². The van der Waals surface area contributed by atoms with Crippen LogP contribution < -0.4 is 10.1 Å². The third-order valence-electron chi connectivity index (χ3n) is 3.65. The smallest absolute Gasteiger partial charge is 0.357 e. The highest BCUT2D eigenvalue weighted by atomic mass is 31.2. The zero-order chi connectivity index (χ0) is 18.8. The van der Waals surface area contributed by atoms with Crippen molar-refractivity contribution < 1.29 is 18.3 Å². The van der Waals surface area contributed by atoms with Crippen molar-refractivity contribution in [1.29, 1.82) is 0 Å². The quantitative estimate of drug-likeness (QED) is 0.539. The second-order valence-electron chi connectivity index (χ2n) is 5.74. The van der Waals surface area contributed by atoms with Gasteiger partial charge >= 0.3 is 7.60 Å². The van der Waals surface area contributed by atoms with E-state index in [-0.39, 0.29) is 0 Å². The molecule has 0 fully saturated rings. The van der Waals surface area contributed by atoms with Gasteiger partial charge in [0.2, 0.25) is 0 Å². The van der Waals surface area contributed by atoms with Crippen LogP contribution in [0.5, 0.6) is 5.75 Å². The number of hydrogen-bond donors (Lipinski definition) is 1. The Kier molecular flexibility index (Phi) is 8.10. The summed E-state index contributed by atoms with van der Waals surface area (Å²) in [5, 5.41) is 3.23. The van der Waals surface area contributed by atoms with Gasteiger partial charge in [-0.1, -0.05) is 32.0 Å². The molecule has 6 nitrogen and oxygen atoms in total. The molecule has 0 bridgehead atoms. The molecule has 0 radical (unpaired) electrons. The minimum atomic E-state index is -3.47. The van der Waals surface area contributed by atoms with Crippen LogP contribution in [-0.4, -0.2) is 25.3 Å². The molecule has 2 aromatic rings. The van der Waals surface area contributed by atoms with Crippen LogP contribution in [0.2, 0.25) is 0 Å². The van der Waals surface area contributed by atoms with E-state index in [0.717, 1.165) is 24.2 Å². The first-order valence-electron chi connectivity index (χ1n) is 8.83. The van der Waals surface area contributed by atoms with Crippen LogP contribution in [0, 0.1) is 0 Å². The van der Waals surface area contributed by atoms with Gasteiger partial charge in [0.1, 0.15) is 11.6 Å². The van der Waals surface area contributed by atoms with E-state index in [0.29, 0.717) is 19.0 Å². The van der Waals surface area contributed by atoms with E-state index >= 15 is 0 Å². The Morgan fingerprint density at radius 1 is 1.04 bits per heavy atom. The number of rotatable bonds is 11. The number of aromatic nitrogens is 1. The molecule has 1 aromatic carbocycles. The van der Waals surface area contributed by atoms with E-state index in [1.165, 1.54) is 0 Å². The molecule has 7 heteroatoms. The summed E-state index contributed by atoms with van der Waals surface area (Å²) in [5.74, 6) is 0.666. The molecule has 26 heavy (non-hydrogen) atoms. The normalized spacial score (nSPS) is 12.6. The van der Waals surface area contributed by atoms with Crippen LogP contribution in [0.25, 0.3) is 0 Å². The fraction of sp³-hybridized carbons (Fsp3) is 0.421. The summed E-state index contributed by atoms with van der Waals surface area (Å²) in [6, 6.07) is 12.9. The molecule has 1 unspecified atom stereocenters. The summed E-state index contributed by atoms with van der Waals surface area (Å²) < 4.78 is 30.3. The molecule has 1 aromatic heterocycles. The summed E-state index contributed by atoms with van der Waals surface area (Å²) in [6.45, 7) is 4.66. The first-order valence-corrected chi connectivity index (χ1v) is 10.4. The average Bonchev–Trinajstić information content (AvgIpc) is 2.70. The fourth-order valence-electron chi connectivity index (χ4n) is 2.34. The number of ether oxygens (including phenoxy) is 1. The van der Waals surface area contributed by atoms with Crippen molar-refractivity contribution in [3.05, 3.63) is 54.2 Å². The lowest BCUT2D eigenvalue weighted by Gasteiger charge is -2.28. The van der Waals surface area contributed by atoms with Crippen molar-refractivity contribution in [3.8, 4) is 5.75 Å². The molecule has 0 aliphatic rings. The van der Waals surface area contributed by atoms with E-state index < -0.39 is 13.4 Å². The van der Waals surface area contributed by atoms with Crippen molar-refractivity contribution in [3.63, 3.8) is 0 Å². The number of methoxy groups -OCH3 is 1. The second-order valence-corrected chi connectivity index (χ2v) is 7.85. The Bertz CT molecular complexity index is 682. The van der Waals surface area contributed by atoms with E-state index in [4.69, 9.17) is 13.8 Å². The van der Waals surface area contributed by atoms with Crippen molar-refractivity contribution in [2.75, 3.05) is 25.6 Å². The van der Waals surface area contributed by atoms with Gasteiger partial charge in [0, 0.05) is 6.20 Å². The van der Waals surface area contributed by atoms with Gasteiger partial charge in [0.15, 0.2) is 5.78 Å². The maximum atomic E-state index is 13.6. The van der Waals surface area contributed by atoms with Crippen LogP contribution in [0.1, 0.15) is 38.0 Å². The molecule has 0 saturated carbocycles. The van der Waals surface area contributed by atoms with E-state index in [1.54, 1.807) is 13.3 Å². The van der Waals surface area contributed by atoms with Crippen molar-refractivity contribution in [2.24, 2.45) is 0 Å². The lowest BCUT2D eigenvalue weighted by Crippen LogP contribution is -2.16.